The van der Waals surface area contributed by atoms with Crippen molar-refractivity contribution in [1.29, 1.82) is 0 Å². The fourth-order valence-electron chi connectivity index (χ4n) is 2.99. The van der Waals surface area contributed by atoms with Crippen molar-refractivity contribution in [1.82, 2.24) is 10.9 Å². The fraction of sp³-hybridized carbons (Fsp3) is 0.417. The van der Waals surface area contributed by atoms with E-state index in [1.807, 2.05) is 0 Å². The first-order valence-corrected chi connectivity index (χ1v) is 11.1. The minimum atomic E-state index is -0.412. The van der Waals surface area contributed by atoms with E-state index in [4.69, 9.17) is 16.3 Å². The van der Waals surface area contributed by atoms with E-state index < -0.39 is 11.8 Å². The Kier molecular flexibility index (Phi) is 10.8. The van der Waals surface area contributed by atoms with Crippen molar-refractivity contribution < 1.29 is 14.3 Å². The smallest absolute Gasteiger partial charge is 0.269 e. The Hall–Kier alpha value is -2.53. The number of hydrazine groups is 1. The third-order valence-corrected chi connectivity index (χ3v) is 5.03. The molecule has 0 aliphatic rings. The van der Waals surface area contributed by atoms with Crippen LogP contribution in [0.3, 0.4) is 0 Å². The van der Waals surface area contributed by atoms with Crippen LogP contribution in [0.1, 0.15) is 79.0 Å². The summed E-state index contributed by atoms with van der Waals surface area (Å²) >= 11 is 5.80. The summed E-state index contributed by atoms with van der Waals surface area (Å²) in [5.74, 6) is -0.0723. The molecule has 0 fully saturated rings. The van der Waals surface area contributed by atoms with Gasteiger partial charge in [-0.25, -0.2) is 0 Å². The molecule has 0 atom stereocenters. The molecule has 0 heterocycles. The highest BCUT2D eigenvalue weighted by Crippen LogP contribution is 2.14. The molecule has 2 aromatic carbocycles. The molecule has 30 heavy (non-hydrogen) atoms. The van der Waals surface area contributed by atoms with Gasteiger partial charge in [0.2, 0.25) is 0 Å². The Morgan fingerprint density at radius 1 is 0.733 bits per heavy atom. The fourth-order valence-corrected chi connectivity index (χ4v) is 3.11. The summed E-state index contributed by atoms with van der Waals surface area (Å²) in [5.41, 5.74) is 5.63. The van der Waals surface area contributed by atoms with E-state index >= 15 is 0 Å². The summed E-state index contributed by atoms with van der Waals surface area (Å²) in [5, 5.41) is 0.542. The topological polar surface area (TPSA) is 67.4 Å². The number of rotatable bonds is 12. The Balaban J connectivity index is 1.64. The average molecular weight is 431 g/mol. The van der Waals surface area contributed by atoms with Gasteiger partial charge in [0.05, 0.1) is 6.61 Å². The number of ether oxygens (including phenoxy) is 1. The second-order valence-corrected chi connectivity index (χ2v) is 7.70. The van der Waals surface area contributed by atoms with Crippen LogP contribution in [0.25, 0.3) is 0 Å². The Morgan fingerprint density at radius 3 is 1.73 bits per heavy atom. The van der Waals surface area contributed by atoms with E-state index in [9.17, 15) is 9.59 Å². The standard InChI is InChI=1S/C24H31ClN2O3/c1-2-3-4-5-6-7-8-9-18-30-22-16-12-20(13-17-22)24(29)27-26-23(28)19-10-14-21(25)15-11-19/h10-17H,2-9,18H2,1H3,(H,26,28)(H,27,29). The van der Waals surface area contributed by atoms with E-state index in [-0.39, 0.29) is 0 Å². The van der Waals surface area contributed by atoms with Crippen LogP contribution in [0.2, 0.25) is 5.02 Å². The van der Waals surface area contributed by atoms with Crippen molar-refractivity contribution in [3.05, 3.63) is 64.7 Å². The van der Waals surface area contributed by atoms with Gasteiger partial charge in [-0.05, 0) is 55.0 Å². The molecule has 0 saturated carbocycles. The Labute approximate surface area is 184 Å². The van der Waals surface area contributed by atoms with E-state index in [0.717, 1.165) is 12.2 Å². The summed E-state index contributed by atoms with van der Waals surface area (Å²) in [7, 11) is 0. The van der Waals surface area contributed by atoms with Crippen molar-refractivity contribution in [2.45, 2.75) is 58.3 Å². The predicted octanol–water partition coefficient (Wildman–Crippen LogP) is 5.93. The highest BCUT2D eigenvalue weighted by Gasteiger charge is 2.09. The molecule has 0 aliphatic heterocycles. The van der Waals surface area contributed by atoms with Crippen LogP contribution in [-0.2, 0) is 0 Å². The average Bonchev–Trinajstić information content (AvgIpc) is 2.77. The normalized spacial score (nSPS) is 10.5. The summed E-state index contributed by atoms with van der Waals surface area (Å²) in [4.78, 5) is 24.2. The van der Waals surface area contributed by atoms with Gasteiger partial charge in [-0.3, -0.25) is 20.4 Å². The number of nitrogens with one attached hydrogen (secondary N) is 2. The van der Waals surface area contributed by atoms with Crippen LogP contribution >= 0.6 is 11.6 Å². The number of hydrogen-bond acceptors (Lipinski definition) is 3. The van der Waals surface area contributed by atoms with Gasteiger partial charge in [-0.1, -0.05) is 63.5 Å². The SMILES string of the molecule is CCCCCCCCCCOc1ccc(C(=O)NNC(=O)c2ccc(Cl)cc2)cc1. The lowest BCUT2D eigenvalue weighted by Gasteiger charge is -2.09. The zero-order valence-corrected chi connectivity index (χ0v) is 18.3. The number of carbonyl (C=O) groups excluding carboxylic acids is 2. The zero-order chi connectivity index (χ0) is 21.6. The van der Waals surface area contributed by atoms with E-state index in [1.54, 1.807) is 48.5 Å². The van der Waals surface area contributed by atoms with Gasteiger partial charge < -0.3 is 4.74 Å². The van der Waals surface area contributed by atoms with Crippen molar-refractivity contribution >= 4 is 23.4 Å². The van der Waals surface area contributed by atoms with Crippen LogP contribution in [-0.4, -0.2) is 18.4 Å². The molecule has 0 unspecified atom stereocenters. The molecular weight excluding hydrogens is 400 g/mol. The third kappa shape index (κ3) is 8.87. The van der Waals surface area contributed by atoms with Crippen molar-refractivity contribution in [3.63, 3.8) is 0 Å². The Bertz CT molecular complexity index is 776. The first-order valence-electron chi connectivity index (χ1n) is 10.7. The molecule has 0 radical (unpaired) electrons. The summed E-state index contributed by atoms with van der Waals surface area (Å²) < 4.78 is 5.74. The molecule has 2 N–H and O–H groups in total. The molecule has 2 amide bonds. The molecule has 5 nitrogen and oxygen atoms in total. The quantitative estimate of drug-likeness (QED) is 0.323. The minimum absolute atomic E-state index is 0.396. The summed E-state index contributed by atoms with van der Waals surface area (Å²) in [6, 6.07) is 13.3. The molecule has 0 spiro atoms. The first kappa shape index (κ1) is 23.7. The molecule has 0 aromatic heterocycles. The molecule has 6 heteroatoms. The van der Waals surface area contributed by atoms with Crippen LogP contribution < -0.4 is 15.6 Å². The van der Waals surface area contributed by atoms with Crippen molar-refractivity contribution in [2.24, 2.45) is 0 Å². The molecule has 0 saturated heterocycles. The second kappa shape index (κ2) is 13.6. The summed E-state index contributed by atoms with van der Waals surface area (Å²) in [6.45, 7) is 2.91. The van der Waals surface area contributed by atoms with Crippen LogP contribution in [0.4, 0.5) is 0 Å². The van der Waals surface area contributed by atoms with Gasteiger partial charge in [-0.2, -0.15) is 0 Å². The van der Waals surface area contributed by atoms with Crippen LogP contribution in [0.5, 0.6) is 5.75 Å². The maximum Gasteiger partial charge on any atom is 0.269 e. The number of halogens is 1. The van der Waals surface area contributed by atoms with Gasteiger partial charge in [0.1, 0.15) is 5.75 Å². The molecule has 2 aromatic rings. The van der Waals surface area contributed by atoms with E-state index in [0.29, 0.717) is 22.8 Å². The van der Waals surface area contributed by atoms with Gasteiger partial charge >= 0.3 is 0 Å². The number of unbranched alkanes of at least 4 members (excludes halogenated alkanes) is 7. The molecule has 2 rings (SSSR count). The number of benzene rings is 2. The highest BCUT2D eigenvalue weighted by molar-refractivity contribution is 6.30. The number of amides is 2. The molecule has 162 valence electrons. The number of carbonyl (C=O) groups is 2. The van der Waals surface area contributed by atoms with Crippen LogP contribution in [0, 0.1) is 0 Å². The zero-order valence-electron chi connectivity index (χ0n) is 17.6. The lowest BCUT2D eigenvalue weighted by atomic mass is 10.1. The Morgan fingerprint density at radius 2 is 1.20 bits per heavy atom. The van der Waals surface area contributed by atoms with Gasteiger partial charge in [0, 0.05) is 16.1 Å². The van der Waals surface area contributed by atoms with E-state index in [1.165, 1.54) is 44.9 Å². The maximum absolute atomic E-state index is 12.2. The molecular formula is C24H31ClN2O3. The monoisotopic (exact) mass is 430 g/mol. The molecule has 0 bridgehead atoms. The maximum atomic E-state index is 12.2. The summed E-state index contributed by atoms with van der Waals surface area (Å²) in [6.07, 6.45) is 10.1. The van der Waals surface area contributed by atoms with Crippen molar-refractivity contribution in [2.75, 3.05) is 6.61 Å². The van der Waals surface area contributed by atoms with E-state index in [2.05, 4.69) is 17.8 Å². The van der Waals surface area contributed by atoms with Gasteiger partial charge in [-0.15, -0.1) is 0 Å². The van der Waals surface area contributed by atoms with Gasteiger partial charge in [0.25, 0.3) is 11.8 Å². The predicted molar refractivity (Wildman–Crippen MR) is 121 cm³/mol. The lowest BCUT2D eigenvalue weighted by Crippen LogP contribution is -2.41. The van der Waals surface area contributed by atoms with Crippen molar-refractivity contribution in [3.8, 4) is 5.75 Å². The first-order chi connectivity index (χ1) is 14.6. The number of hydrogen-bond donors (Lipinski definition) is 2. The lowest BCUT2D eigenvalue weighted by molar-refractivity contribution is 0.0846. The van der Waals surface area contributed by atoms with Gasteiger partial charge in [0.15, 0.2) is 0 Å². The second-order valence-electron chi connectivity index (χ2n) is 7.26. The molecule has 0 aliphatic carbocycles. The highest BCUT2D eigenvalue weighted by atomic mass is 35.5. The van der Waals surface area contributed by atoms with Crippen LogP contribution in [0.15, 0.2) is 48.5 Å². The largest absolute Gasteiger partial charge is 0.494 e. The minimum Gasteiger partial charge on any atom is -0.494 e. The third-order valence-electron chi connectivity index (χ3n) is 4.78.